The van der Waals surface area contributed by atoms with E-state index >= 15 is 0 Å². The Labute approximate surface area is 139 Å². The maximum atomic E-state index is 12.6. The van der Waals surface area contributed by atoms with Crippen LogP contribution in [-0.4, -0.2) is 35.6 Å². The third kappa shape index (κ3) is 3.17. The number of carbonyl (C=O) groups is 2. The molecule has 6 heteroatoms. The monoisotopic (exact) mass is 329 g/mol. The summed E-state index contributed by atoms with van der Waals surface area (Å²) in [6, 6.07) is 9.11. The SMILES string of the molecule is CCN(CC)c1ccc(C(=O)c2ccccc2O)c(O)c1OC=O. The zero-order valence-electron chi connectivity index (χ0n) is 13.5. The summed E-state index contributed by atoms with van der Waals surface area (Å²) in [5.74, 6) is -1.25. The largest absolute Gasteiger partial charge is 0.507 e. The molecule has 0 fully saturated rings. The van der Waals surface area contributed by atoms with Crippen LogP contribution < -0.4 is 9.64 Å². The van der Waals surface area contributed by atoms with E-state index in [1.54, 1.807) is 18.2 Å². The molecule has 2 aromatic carbocycles. The van der Waals surface area contributed by atoms with E-state index in [4.69, 9.17) is 4.74 Å². The van der Waals surface area contributed by atoms with Crippen molar-refractivity contribution in [3.05, 3.63) is 47.5 Å². The first-order chi connectivity index (χ1) is 11.5. The van der Waals surface area contributed by atoms with Gasteiger partial charge < -0.3 is 19.8 Å². The molecule has 0 saturated carbocycles. The number of hydrogen-bond donors (Lipinski definition) is 2. The second-order valence-corrected chi connectivity index (χ2v) is 5.04. The number of hydrogen-bond acceptors (Lipinski definition) is 6. The number of nitrogens with zero attached hydrogens (tertiary/aromatic N) is 1. The van der Waals surface area contributed by atoms with E-state index < -0.39 is 11.5 Å². The lowest BCUT2D eigenvalue weighted by Gasteiger charge is -2.24. The van der Waals surface area contributed by atoms with E-state index in [9.17, 15) is 19.8 Å². The third-order valence-corrected chi connectivity index (χ3v) is 3.77. The van der Waals surface area contributed by atoms with Crippen LogP contribution in [0.3, 0.4) is 0 Å². The minimum Gasteiger partial charge on any atom is -0.507 e. The first-order valence-corrected chi connectivity index (χ1v) is 7.59. The number of benzene rings is 2. The molecule has 0 atom stereocenters. The molecule has 6 nitrogen and oxygen atoms in total. The number of carbonyl (C=O) groups excluding carboxylic acids is 2. The number of para-hydroxylation sites is 1. The second kappa shape index (κ2) is 7.50. The van der Waals surface area contributed by atoms with Crippen LogP contribution in [0.2, 0.25) is 0 Å². The standard InChI is InChI=1S/C18H19NO5/c1-3-19(4-2)14-10-9-13(17(23)18(14)24-11-20)16(22)12-7-5-6-8-15(12)21/h5-11,21,23H,3-4H2,1-2H3. The van der Waals surface area contributed by atoms with E-state index in [1.165, 1.54) is 18.2 Å². The number of aromatic hydroxyl groups is 2. The van der Waals surface area contributed by atoms with Gasteiger partial charge in [-0.3, -0.25) is 9.59 Å². The molecule has 0 unspecified atom stereocenters. The Morgan fingerprint density at radius 2 is 1.75 bits per heavy atom. The van der Waals surface area contributed by atoms with Crippen molar-refractivity contribution in [2.45, 2.75) is 13.8 Å². The minimum absolute atomic E-state index is 0.0516. The molecule has 0 aliphatic heterocycles. The summed E-state index contributed by atoms with van der Waals surface area (Å²) in [5, 5.41) is 20.3. The molecule has 24 heavy (non-hydrogen) atoms. The second-order valence-electron chi connectivity index (χ2n) is 5.04. The molecular formula is C18H19NO5. The van der Waals surface area contributed by atoms with Gasteiger partial charge in [-0.25, -0.2) is 0 Å². The molecule has 0 aromatic heterocycles. The lowest BCUT2D eigenvalue weighted by molar-refractivity contribution is -0.120. The Balaban J connectivity index is 2.57. The van der Waals surface area contributed by atoms with E-state index in [1.807, 2.05) is 18.7 Å². The first-order valence-electron chi connectivity index (χ1n) is 7.59. The van der Waals surface area contributed by atoms with Crippen LogP contribution in [0.5, 0.6) is 17.2 Å². The van der Waals surface area contributed by atoms with Crippen LogP contribution in [0.25, 0.3) is 0 Å². The van der Waals surface area contributed by atoms with Crippen LogP contribution >= 0.6 is 0 Å². The van der Waals surface area contributed by atoms with Crippen molar-refractivity contribution in [1.82, 2.24) is 0 Å². The van der Waals surface area contributed by atoms with Crippen molar-refractivity contribution in [2.75, 3.05) is 18.0 Å². The fraction of sp³-hybridized carbons (Fsp3) is 0.222. The van der Waals surface area contributed by atoms with Crippen LogP contribution in [0, 0.1) is 0 Å². The lowest BCUT2D eigenvalue weighted by atomic mass is 10.0. The Morgan fingerprint density at radius 1 is 1.08 bits per heavy atom. The number of rotatable bonds is 7. The zero-order chi connectivity index (χ0) is 17.7. The molecule has 0 bridgehead atoms. The number of phenolic OH excluding ortho intramolecular Hbond substituents is 2. The fourth-order valence-corrected chi connectivity index (χ4v) is 2.53. The molecule has 0 saturated heterocycles. The van der Waals surface area contributed by atoms with Gasteiger partial charge in [-0.1, -0.05) is 12.1 Å². The highest BCUT2D eigenvalue weighted by Crippen LogP contribution is 2.40. The Kier molecular flexibility index (Phi) is 5.42. The summed E-state index contributed by atoms with van der Waals surface area (Å²) in [6.07, 6.45) is 0. The maximum Gasteiger partial charge on any atom is 0.298 e. The van der Waals surface area contributed by atoms with Crippen molar-refractivity contribution in [2.24, 2.45) is 0 Å². The molecule has 0 aliphatic carbocycles. The molecule has 0 heterocycles. The summed E-state index contributed by atoms with van der Waals surface area (Å²) in [7, 11) is 0. The molecule has 126 valence electrons. The Bertz CT molecular complexity index is 753. The van der Waals surface area contributed by atoms with Crippen LogP contribution in [-0.2, 0) is 4.79 Å². The van der Waals surface area contributed by atoms with Crippen LogP contribution in [0.15, 0.2) is 36.4 Å². The van der Waals surface area contributed by atoms with E-state index in [2.05, 4.69) is 0 Å². The quantitative estimate of drug-likeness (QED) is 0.600. The van der Waals surface area contributed by atoms with Crippen molar-refractivity contribution in [3.63, 3.8) is 0 Å². The highest BCUT2D eigenvalue weighted by atomic mass is 16.5. The molecule has 2 N–H and O–H groups in total. The third-order valence-electron chi connectivity index (χ3n) is 3.77. The predicted molar refractivity (Wildman–Crippen MR) is 89.9 cm³/mol. The van der Waals surface area contributed by atoms with Gasteiger partial charge in [0.05, 0.1) is 16.8 Å². The van der Waals surface area contributed by atoms with Gasteiger partial charge in [0, 0.05) is 13.1 Å². The van der Waals surface area contributed by atoms with Crippen molar-refractivity contribution < 1.29 is 24.5 Å². The molecule has 2 rings (SSSR count). The van der Waals surface area contributed by atoms with Gasteiger partial charge in [0.2, 0.25) is 5.78 Å². The summed E-state index contributed by atoms with van der Waals surface area (Å²) >= 11 is 0. The topological polar surface area (TPSA) is 87.1 Å². The lowest BCUT2D eigenvalue weighted by Crippen LogP contribution is -2.22. The van der Waals surface area contributed by atoms with Crippen molar-refractivity contribution >= 4 is 17.9 Å². The summed E-state index contributed by atoms with van der Waals surface area (Å²) in [4.78, 5) is 25.3. The van der Waals surface area contributed by atoms with Crippen LogP contribution in [0.4, 0.5) is 5.69 Å². The number of anilines is 1. The first kappa shape index (κ1) is 17.3. The highest BCUT2D eigenvalue weighted by molar-refractivity contribution is 6.13. The molecule has 0 aliphatic rings. The van der Waals surface area contributed by atoms with Gasteiger partial charge in [0.1, 0.15) is 5.75 Å². The molecule has 0 radical (unpaired) electrons. The van der Waals surface area contributed by atoms with Crippen molar-refractivity contribution in [3.8, 4) is 17.2 Å². The summed E-state index contributed by atoms with van der Waals surface area (Å²) in [5.41, 5.74) is 0.517. The Hall–Kier alpha value is -3.02. The van der Waals surface area contributed by atoms with Crippen LogP contribution in [0.1, 0.15) is 29.8 Å². The predicted octanol–water partition coefficient (Wildman–Crippen LogP) is 2.71. The van der Waals surface area contributed by atoms with Gasteiger partial charge >= 0.3 is 0 Å². The summed E-state index contributed by atoms with van der Waals surface area (Å²) in [6.45, 7) is 5.32. The zero-order valence-corrected chi connectivity index (χ0v) is 13.5. The average Bonchev–Trinajstić information content (AvgIpc) is 2.59. The van der Waals surface area contributed by atoms with Gasteiger partial charge in [0.15, 0.2) is 11.5 Å². The molecule has 0 amide bonds. The number of phenols is 2. The molecule has 0 spiro atoms. The normalized spacial score (nSPS) is 10.2. The minimum atomic E-state index is -0.563. The average molecular weight is 329 g/mol. The van der Waals surface area contributed by atoms with E-state index in [-0.39, 0.29) is 29.1 Å². The Morgan fingerprint density at radius 3 is 2.33 bits per heavy atom. The molecule has 2 aromatic rings. The fourth-order valence-electron chi connectivity index (χ4n) is 2.53. The number of ketones is 1. The molecular weight excluding hydrogens is 310 g/mol. The summed E-state index contributed by atoms with van der Waals surface area (Å²) < 4.78 is 4.92. The smallest absolute Gasteiger partial charge is 0.298 e. The van der Waals surface area contributed by atoms with Gasteiger partial charge in [-0.2, -0.15) is 0 Å². The van der Waals surface area contributed by atoms with Crippen molar-refractivity contribution in [1.29, 1.82) is 0 Å². The van der Waals surface area contributed by atoms with Gasteiger partial charge in [0.25, 0.3) is 6.47 Å². The van der Waals surface area contributed by atoms with E-state index in [0.29, 0.717) is 18.8 Å². The maximum absolute atomic E-state index is 12.6. The van der Waals surface area contributed by atoms with Gasteiger partial charge in [-0.05, 0) is 38.1 Å². The van der Waals surface area contributed by atoms with Gasteiger partial charge in [-0.15, -0.1) is 0 Å². The number of ether oxygens (including phenoxy) is 1. The van der Waals surface area contributed by atoms with E-state index in [0.717, 1.165) is 0 Å². The highest BCUT2D eigenvalue weighted by Gasteiger charge is 2.23.